The van der Waals surface area contributed by atoms with E-state index in [2.05, 4.69) is 35.6 Å². The van der Waals surface area contributed by atoms with E-state index >= 15 is 0 Å². The highest BCUT2D eigenvalue weighted by Gasteiger charge is 2.27. The van der Waals surface area contributed by atoms with Crippen LogP contribution in [0.3, 0.4) is 0 Å². The fourth-order valence-corrected chi connectivity index (χ4v) is 3.55. The molecule has 0 heterocycles. The Bertz CT molecular complexity index is 361. The van der Waals surface area contributed by atoms with Gasteiger partial charge in [-0.05, 0) is 43.1 Å². The van der Waals surface area contributed by atoms with Crippen molar-refractivity contribution in [2.24, 2.45) is 5.92 Å². The first-order valence-corrected chi connectivity index (χ1v) is 8.22. The van der Waals surface area contributed by atoms with Crippen molar-refractivity contribution < 1.29 is 0 Å². The first kappa shape index (κ1) is 13.2. The molecule has 0 aromatic heterocycles. The number of hydrogen-bond donors (Lipinski definition) is 1. The van der Waals surface area contributed by atoms with E-state index in [1.54, 1.807) is 5.56 Å². The second-order valence-electron chi connectivity index (χ2n) is 6.45. The summed E-state index contributed by atoms with van der Waals surface area (Å²) in [6, 6.07) is 12.1. The predicted molar refractivity (Wildman–Crippen MR) is 81.4 cm³/mol. The van der Waals surface area contributed by atoms with E-state index in [4.69, 9.17) is 0 Å². The summed E-state index contributed by atoms with van der Waals surface area (Å²) in [5, 5.41) is 3.77. The van der Waals surface area contributed by atoms with Gasteiger partial charge in [-0.2, -0.15) is 0 Å². The topological polar surface area (TPSA) is 12.0 Å². The molecule has 1 nitrogen and oxygen atoms in total. The smallest absolute Gasteiger partial charge is 0.00684 e. The highest BCUT2D eigenvalue weighted by atomic mass is 14.9. The van der Waals surface area contributed by atoms with Gasteiger partial charge in [0, 0.05) is 12.6 Å². The third kappa shape index (κ3) is 3.82. The molecule has 1 heteroatoms. The molecule has 1 unspecified atom stereocenters. The standard InChI is InChI=1S/C18H27N/c1-2-5-9-15(8-4-1)18(14-19-17-12-13-17)16-10-6-3-7-11-16/h3,6-7,10-11,15,17-19H,1-2,4-5,8-9,12-14H2. The summed E-state index contributed by atoms with van der Waals surface area (Å²) in [6.07, 6.45) is 11.5. The zero-order valence-electron chi connectivity index (χ0n) is 12.0. The Hall–Kier alpha value is -0.820. The molecule has 0 radical (unpaired) electrons. The van der Waals surface area contributed by atoms with E-state index in [-0.39, 0.29) is 0 Å². The lowest BCUT2D eigenvalue weighted by molar-refractivity contribution is 0.360. The fourth-order valence-electron chi connectivity index (χ4n) is 3.55. The zero-order valence-corrected chi connectivity index (χ0v) is 12.0. The maximum Gasteiger partial charge on any atom is 0.00684 e. The molecule has 0 bridgehead atoms. The van der Waals surface area contributed by atoms with Crippen LogP contribution in [-0.4, -0.2) is 12.6 Å². The average molecular weight is 257 g/mol. The normalized spacial score (nSPS) is 22.9. The molecule has 2 fully saturated rings. The summed E-state index contributed by atoms with van der Waals surface area (Å²) in [5.41, 5.74) is 1.56. The molecule has 104 valence electrons. The van der Waals surface area contributed by atoms with E-state index < -0.39 is 0 Å². The van der Waals surface area contributed by atoms with Crippen LogP contribution in [0.15, 0.2) is 30.3 Å². The monoisotopic (exact) mass is 257 g/mol. The van der Waals surface area contributed by atoms with Crippen molar-refractivity contribution in [3.8, 4) is 0 Å². The average Bonchev–Trinajstić information content (AvgIpc) is 3.27. The molecule has 0 spiro atoms. The van der Waals surface area contributed by atoms with Crippen LogP contribution >= 0.6 is 0 Å². The van der Waals surface area contributed by atoms with Crippen LogP contribution in [0, 0.1) is 5.92 Å². The Morgan fingerprint density at radius 2 is 1.58 bits per heavy atom. The van der Waals surface area contributed by atoms with Crippen LogP contribution in [0.25, 0.3) is 0 Å². The van der Waals surface area contributed by atoms with Crippen molar-refractivity contribution in [2.45, 2.75) is 63.3 Å². The van der Waals surface area contributed by atoms with Crippen molar-refractivity contribution in [3.63, 3.8) is 0 Å². The molecule has 2 aliphatic carbocycles. The molecule has 2 aliphatic rings. The highest BCUT2D eigenvalue weighted by Crippen LogP contribution is 2.35. The van der Waals surface area contributed by atoms with Gasteiger partial charge in [0.1, 0.15) is 0 Å². The number of rotatable bonds is 5. The number of nitrogens with one attached hydrogen (secondary N) is 1. The van der Waals surface area contributed by atoms with Gasteiger partial charge >= 0.3 is 0 Å². The van der Waals surface area contributed by atoms with Crippen LogP contribution in [0.1, 0.15) is 62.8 Å². The van der Waals surface area contributed by atoms with Gasteiger partial charge < -0.3 is 5.32 Å². The lowest BCUT2D eigenvalue weighted by Gasteiger charge is -2.27. The van der Waals surface area contributed by atoms with Crippen molar-refractivity contribution in [1.82, 2.24) is 5.32 Å². The van der Waals surface area contributed by atoms with Crippen LogP contribution in [0.5, 0.6) is 0 Å². The van der Waals surface area contributed by atoms with Gasteiger partial charge in [-0.25, -0.2) is 0 Å². The minimum atomic E-state index is 0.736. The van der Waals surface area contributed by atoms with E-state index in [0.717, 1.165) is 17.9 Å². The Kier molecular flexibility index (Phi) is 4.55. The first-order chi connectivity index (χ1) is 9.43. The Morgan fingerprint density at radius 3 is 2.21 bits per heavy atom. The Balaban J connectivity index is 1.69. The van der Waals surface area contributed by atoms with Gasteiger partial charge in [0.15, 0.2) is 0 Å². The number of hydrogen-bond acceptors (Lipinski definition) is 1. The SMILES string of the molecule is c1ccc(C(CNC2CC2)C2CCCCCC2)cc1. The first-order valence-electron chi connectivity index (χ1n) is 8.22. The van der Waals surface area contributed by atoms with Crippen molar-refractivity contribution in [3.05, 3.63) is 35.9 Å². The summed E-state index contributed by atoms with van der Waals surface area (Å²) < 4.78 is 0. The van der Waals surface area contributed by atoms with E-state index in [9.17, 15) is 0 Å². The van der Waals surface area contributed by atoms with Gasteiger partial charge in [-0.3, -0.25) is 0 Å². The maximum absolute atomic E-state index is 3.77. The lowest BCUT2D eigenvalue weighted by atomic mass is 9.81. The molecule has 1 aromatic carbocycles. The molecular weight excluding hydrogens is 230 g/mol. The van der Waals surface area contributed by atoms with Crippen molar-refractivity contribution in [2.75, 3.05) is 6.54 Å². The highest BCUT2D eigenvalue weighted by molar-refractivity contribution is 5.21. The number of benzene rings is 1. The summed E-state index contributed by atoms with van der Waals surface area (Å²) in [7, 11) is 0. The molecule has 2 saturated carbocycles. The van der Waals surface area contributed by atoms with Gasteiger partial charge in [0.25, 0.3) is 0 Å². The summed E-state index contributed by atoms with van der Waals surface area (Å²) in [6.45, 7) is 1.19. The summed E-state index contributed by atoms with van der Waals surface area (Å²) in [5.74, 6) is 1.64. The third-order valence-electron chi connectivity index (χ3n) is 4.90. The molecule has 19 heavy (non-hydrogen) atoms. The lowest BCUT2D eigenvalue weighted by Crippen LogP contribution is -2.28. The van der Waals surface area contributed by atoms with Gasteiger partial charge in [0.2, 0.25) is 0 Å². The van der Waals surface area contributed by atoms with Crippen LogP contribution in [0.4, 0.5) is 0 Å². The minimum Gasteiger partial charge on any atom is -0.313 e. The Morgan fingerprint density at radius 1 is 0.895 bits per heavy atom. The molecule has 3 rings (SSSR count). The van der Waals surface area contributed by atoms with Crippen LogP contribution in [0.2, 0.25) is 0 Å². The largest absolute Gasteiger partial charge is 0.313 e. The predicted octanol–water partition coefficient (Wildman–Crippen LogP) is 4.49. The van der Waals surface area contributed by atoms with Gasteiger partial charge in [-0.15, -0.1) is 0 Å². The van der Waals surface area contributed by atoms with E-state index in [0.29, 0.717) is 0 Å². The quantitative estimate of drug-likeness (QED) is 0.766. The van der Waals surface area contributed by atoms with Crippen LogP contribution < -0.4 is 5.32 Å². The van der Waals surface area contributed by atoms with E-state index in [1.165, 1.54) is 57.9 Å². The molecule has 1 atom stereocenters. The Labute approximate surface area is 117 Å². The second-order valence-corrected chi connectivity index (χ2v) is 6.45. The third-order valence-corrected chi connectivity index (χ3v) is 4.90. The second kappa shape index (κ2) is 6.56. The van der Waals surface area contributed by atoms with Crippen molar-refractivity contribution in [1.29, 1.82) is 0 Å². The molecule has 1 N–H and O–H groups in total. The van der Waals surface area contributed by atoms with Gasteiger partial charge in [0.05, 0.1) is 0 Å². The zero-order chi connectivity index (χ0) is 12.9. The molecule has 0 aliphatic heterocycles. The van der Waals surface area contributed by atoms with Crippen molar-refractivity contribution >= 4 is 0 Å². The molecule has 0 amide bonds. The molecule has 0 saturated heterocycles. The maximum atomic E-state index is 3.77. The summed E-state index contributed by atoms with van der Waals surface area (Å²) in [4.78, 5) is 0. The van der Waals surface area contributed by atoms with Gasteiger partial charge in [-0.1, -0.05) is 56.0 Å². The van der Waals surface area contributed by atoms with E-state index in [1.807, 2.05) is 0 Å². The molecule has 1 aromatic rings. The fraction of sp³-hybridized carbons (Fsp3) is 0.667. The summed E-state index contributed by atoms with van der Waals surface area (Å²) >= 11 is 0. The minimum absolute atomic E-state index is 0.736. The van der Waals surface area contributed by atoms with Crippen LogP contribution in [-0.2, 0) is 0 Å². The molecular formula is C18H27N.